The third-order valence-electron chi connectivity index (χ3n) is 3.43. The number of unbranched alkanes of at least 4 members (excludes halogenated alkanes) is 6. The molecule has 1 heteroatoms. The Labute approximate surface area is 113 Å². The zero-order chi connectivity index (χ0) is 13.4. The minimum absolute atomic E-state index is 0.137. The zero-order valence-corrected chi connectivity index (χ0v) is 12.7. The summed E-state index contributed by atoms with van der Waals surface area (Å²) in [6.45, 7) is 8.86. The molecular weight excluding hydrogens is 220 g/mol. The molecule has 0 saturated carbocycles. The molecule has 18 heavy (non-hydrogen) atoms. The van der Waals surface area contributed by atoms with Gasteiger partial charge in [-0.3, -0.25) is 0 Å². The van der Waals surface area contributed by atoms with Crippen LogP contribution in [0.25, 0.3) is 0 Å². The average molecular weight is 250 g/mol. The highest BCUT2D eigenvalue weighted by Crippen LogP contribution is 2.25. The molecule has 0 spiro atoms. The van der Waals surface area contributed by atoms with E-state index in [1.54, 1.807) is 0 Å². The molecule has 1 heterocycles. The van der Waals surface area contributed by atoms with E-state index >= 15 is 0 Å². The molecule has 1 aromatic heterocycles. The minimum Gasteiger partial charge on any atom is -0.466 e. The molecular formula is C17H30O. The Kier molecular flexibility index (Phi) is 6.52. The van der Waals surface area contributed by atoms with Crippen molar-refractivity contribution in [1.29, 1.82) is 0 Å². The highest BCUT2D eigenvalue weighted by Gasteiger charge is 2.17. The summed E-state index contributed by atoms with van der Waals surface area (Å²) in [5.41, 5.74) is 0.137. The van der Waals surface area contributed by atoms with Gasteiger partial charge in [0.1, 0.15) is 11.5 Å². The predicted octanol–water partition coefficient (Wildman–Crippen LogP) is 5.87. The highest BCUT2D eigenvalue weighted by atomic mass is 16.3. The van der Waals surface area contributed by atoms with Crippen LogP contribution in [0.15, 0.2) is 16.5 Å². The van der Waals surface area contributed by atoms with Gasteiger partial charge in [0.15, 0.2) is 0 Å². The first-order chi connectivity index (χ1) is 8.54. The van der Waals surface area contributed by atoms with Gasteiger partial charge in [-0.25, -0.2) is 0 Å². The van der Waals surface area contributed by atoms with E-state index in [-0.39, 0.29) is 5.41 Å². The van der Waals surface area contributed by atoms with Crippen LogP contribution in [-0.4, -0.2) is 0 Å². The van der Waals surface area contributed by atoms with Crippen molar-refractivity contribution in [2.45, 2.75) is 84.5 Å². The van der Waals surface area contributed by atoms with Crippen LogP contribution in [0.5, 0.6) is 0 Å². The summed E-state index contributed by atoms with van der Waals surface area (Å²) in [6.07, 6.45) is 10.6. The van der Waals surface area contributed by atoms with Crippen molar-refractivity contribution in [2.75, 3.05) is 0 Å². The van der Waals surface area contributed by atoms with Gasteiger partial charge in [-0.2, -0.15) is 0 Å². The van der Waals surface area contributed by atoms with Crippen LogP contribution in [0.1, 0.15) is 84.2 Å². The molecule has 0 amide bonds. The van der Waals surface area contributed by atoms with Gasteiger partial charge >= 0.3 is 0 Å². The van der Waals surface area contributed by atoms with Crippen molar-refractivity contribution in [3.8, 4) is 0 Å². The second-order valence-electron chi connectivity index (χ2n) is 6.39. The maximum atomic E-state index is 5.89. The molecule has 0 atom stereocenters. The molecule has 1 nitrogen and oxygen atoms in total. The summed E-state index contributed by atoms with van der Waals surface area (Å²) in [7, 11) is 0. The summed E-state index contributed by atoms with van der Waals surface area (Å²) < 4.78 is 5.89. The molecule has 1 rings (SSSR count). The van der Waals surface area contributed by atoms with E-state index in [0.717, 1.165) is 17.9 Å². The van der Waals surface area contributed by atoms with Crippen LogP contribution in [0.4, 0.5) is 0 Å². The first-order valence-corrected chi connectivity index (χ1v) is 7.63. The molecule has 0 saturated heterocycles. The van der Waals surface area contributed by atoms with E-state index in [1.807, 2.05) is 0 Å². The van der Waals surface area contributed by atoms with Gasteiger partial charge in [0.25, 0.3) is 0 Å². The number of furan rings is 1. The fraction of sp³-hybridized carbons (Fsp3) is 0.765. The molecule has 0 aromatic carbocycles. The number of hydrogen-bond acceptors (Lipinski definition) is 1. The highest BCUT2D eigenvalue weighted by molar-refractivity contribution is 5.14. The van der Waals surface area contributed by atoms with Gasteiger partial charge in [-0.1, -0.05) is 66.2 Å². The number of rotatable bonds is 8. The summed E-state index contributed by atoms with van der Waals surface area (Å²) in [5.74, 6) is 2.27. The zero-order valence-electron chi connectivity index (χ0n) is 12.7. The summed E-state index contributed by atoms with van der Waals surface area (Å²) in [6, 6.07) is 4.29. The summed E-state index contributed by atoms with van der Waals surface area (Å²) in [5, 5.41) is 0. The Hall–Kier alpha value is -0.720. The third-order valence-corrected chi connectivity index (χ3v) is 3.43. The van der Waals surface area contributed by atoms with Crippen molar-refractivity contribution in [1.82, 2.24) is 0 Å². The maximum absolute atomic E-state index is 5.89. The summed E-state index contributed by atoms with van der Waals surface area (Å²) >= 11 is 0. The van der Waals surface area contributed by atoms with Crippen LogP contribution in [-0.2, 0) is 11.8 Å². The normalized spacial score (nSPS) is 12.0. The second kappa shape index (κ2) is 7.66. The fourth-order valence-electron chi connectivity index (χ4n) is 2.17. The van der Waals surface area contributed by atoms with Gasteiger partial charge in [0.05, 0.1) is 0 Å². The van der Waals surface area contributed by atoms with Gasteiger partial charge in [0, 0.05) is 11.8 Å². The largest absolute Gasteiger partial charge is 0.466 e. The number of aryl methyl sites for hydroxylation is 1. The Morgan fingerprint density at radius 2 is 1.50 bits per heavy atom. The van der Waals surface area contributed by atoms with Crippen LogP contribution >= 0.6 is 0 Å². The SMILES string of the molecule is CCCCCCCCCc1ccc(C(C)(C)C)o1. The predicted molar refractivity (Wildman–Crippen MR) is 79.1 cm³/mol. The molecule has 0 aliphatic heterocycles. The van der Waals surface area contributed by atoms with E-state index in [1.165, 1.54) is 44.9 Å². The molecule has 0 unspecified atom stereocenters. The van der Waals surface area contributed by atoms with E-state index in [2.05, 4.69) is 39.8 Å². The first-order valence-electron chi connectivity index (χ1n) is 7.63. The molecule has 0 aliphatic carbocycles. The van der Waals surface area contributed by atoms with Crippen LogP contribution in [0.2, 0.25) is 0 Å². The van der Waals surface area contributed by atoms with E-state index in [9.17, 15) is 0 Å². The smallest absolute Gasteiger partial charge is 0.109 e. The van der Waals surface area contributed by atoms with Crippen molar-refractivity contribution >= 4 is 0 Å². The van der Waals surface area contributed by atoms with Crippen molar-refractivity contribution < 1.29 is 4.42 Å². The van der Waals surface area contributed by atoms with E-state index in [0.29, 0.717) is 0 Å². The Balaban J connectivity index is 2.14. The minimum atomic E-state index is 0.137. The van der Waals surface area contributed by atoms with Crippen LogP contribution in [0, 0.1) is 0 Å². The first kappa shape index (κ1) is 15.3. The molecule has 0 fully saturated rings. The average Bonchev–Trinajstić information content (AvgIpc) is 2.76. The summed E-state index contributed by atoms with van der Waals surface area (Å²) in [4.78, 5) is 0. The monoisotopic (exact) mass is 250 g/mol. The van der Waals surface area contributed by atoms with E-state index in [4.69, 9.17) is 4.42 Å². The van der Waals surface area contributed by atoms with Gasteiger partial charge in [0.2, 0.25) is 0 Å². The standard InChI is InChI=1S/C17H30O/c1-5-6-7-8-9-10-11-12-15-13-14-16(18-15)17(2,3)4/h13-14H,5-12H2,1-4H3. The van der Waals surface area contributed by atoms with Gasteiger partial charge < -0.3 is 4.42 Å². The third kappa shape index (κ3) is 5.75. The molecule has 0 N–H and O–H groups in total. The van der Waals surface area contributed by atoms with Gasteiger partial charge in [-0.15, -0.1) is 0 Å². The Morgan fingerprint density at radius 1 is 0.889 bits per heavy atom. The molecule has 0 bridgehead atoms. The fourth-order valence-corrected chi connectivity index (χ4v) is 2.17. The molecule has 104 valence electrons. The van der Waals surface area contributed by atoms with Crippen molar-refractivity contribution in [3.05, 3.63) is 23.7 Å². The van der Waals surface area contributed by atoms with Crippen LogP contribution in [0.3, 0.4) is 0 Å². The lowest BCUT2D eigenvalue weighted by atomic mass is 9.94. The molecule has 0 aliphatic rings. The quantitative estimate of drug-likeness (QED) is 0.526. The van der Waals surface area contributed by atoms with Crippen molar-refractivity contribution in [2.24, 2.45) is 0 Å². The maximum Gasteiger partial charge on any atom is 0.109 e. The topological polar surface area (TPSA) is 13.1 Å². The Morgan fingerprint density at radius 3 is 2.06 bits per heavy atom. The van der Waals surface area contributed by atoms with E-state index < -0.39 is 0 Å². The molecule has 1 aromatic rings. The lowest BCUT2D eigenvalue weighted by Gasteiger charge is -2.14. The van der Waals surface area contributed by atoms with Gasteiger partial charge in [-0.05, 0) is 18.6 Å². The second-order valence-corrected chi connectivity index (χ2v) is 6.39. The molecule has 0 radical (unpaired) electrons. The Bertz CT molecular complexity index is 317. The van der Waals surface area contributed by atoms with Crippen LogP contribution < -0.4 is 0 Å². The number of hydrogen-bond donors (Lipinski definition) is 0. The lowest BCUT2D eigenvalue weighted by molar-refractivity contribution is 0.382. The lowest BCUT2D eigenvalue weighted by Crippen LogP contribution is -2.09. The van der Waals surface area contributed by atoms with Crippen molar-refractivity contribution in [3.63, 3.8) is 0 Å².